The summed E-state index contributed by atoms with van der Waals surface area (Å²) >= 11 is 4.52. The molecule has 0 radical (unpaired) electrons. The summed E-state index contributed by atoms with van der Waals surface area (Å²) < 4.78 is 27.2. The fourth-order valence-corrected chi connectivity index (χ4v) is 3.39. The highest BCUT2D eigenvalue weighted by molar-refractivity contribution is 9.10. The first kappa shape index (κ1) is 12.5. The molecule has 7 heteroatoms. The summed E-state index contributed by atoms with van der Waals surface area (Å²) in [6, 6.07) is 6.43. The molecule has 0 aliphatic carbocycles. The molecule has 17 heavy (non-hydrogen) atoms. The monoisotopic (exact) mass is 332 g/mol. The van der Waals surface area contributed by atoms with E-state index in [1.165, 1.54) is 23.5 Å². The lowest BCUT2D eigenvalue weighted by molar-refractivity contribution is 0.601. The van der Waals surface area contributed by atoms with Crippen molar-refractivity contribution in [1.29, 1.82) is 0 Å². The molecule has 0 unspecified atom stereocenters. The number of anilines is 1. The van der Waals surface area contributed by atoms with Crippen LogP contribution in [0.5, 0.6) is 0 Å². The van der Waals surface area contributed by atoms with E-state index in [1.54, 1.807) is 17.5 Å². The van der Waals surface area contributed by atoms with Gasteiger partial charge in [0.1, 0.15) is 0 Å². The van der Waals surface area contributed by atoms with Crippen molar-refractivity contribution in [3.8, 4) is 0 Å². The molecule has 4 nitrogen and oxygen atoms in total. The third kappa shape index (κ3) is 3.05. The fourth-order valence-electron chi connectivity index (χ4n) is 1.19. The third-order valence-corrected chi connectivity index (χ3v) is 4.85. The van der Waals surface area contributed by atoms with Gasteiger partial charge in [-0.1, -0.05) is 15.9 Å². The smallest absolute Gasteiger partial charge is 0.255 e. The highest BCUT2D eigenvalue weighted by Gasteiger charge is 2.15. The van der Waals surface area contributed by atoms with Gasteiger partial charge in [0.25, 0.3) is 10.0 Å². The van der Waals surface area contributed by atoms with Crippen LogP contribution in [0.1, 0.15) is 5.69 Å². The molecule has 0 aliphatic heterocycles. The molecule has 90 valence electrons. The van der Waals surface area contributed by atoms with Crippen LogP contribution < -0.4 is 4.72 Å². The number of sulfonamides is 1. The fraction of sp³-hybridized carbons (Fsp3) is 0.100. The van der Waals surface area contributed by atoms with Crippen LogP contribution in [0.15, 0.2) is 39.0 Å². The zero-order valence-corrected chi connectivity index (χ0v) is 12.1. The van der Waals surface area contributed by atoms with Crippen LogP contribution in [0.2, 0.25) is 0 Å². The maximum atomic E-state index is 12.0. The number of thiazole rings is 1. The van der Waals surface area contributed by atoms with E-state index in [0.717, 1.165) is 10.2 Å². The molecule has 2 aromatic rings. The number of hydrogen-bond donors (Lipinski definition) is 1. The average molecular weight is 333 g/mol. The molecular weight excluding hydrogens is 324 g/mol. The Morgan fingerprint density at radius 3 is 2.47 bits per heavy atom. The molecule has 0 fully saturated rings. The van der Waals surface area contributed by atoms with Gasteiger partial charge in [-0.15, -0.1) is 11.3 Å². The van der Waals surface area contributed by atoms with Crippen molar-refractivity contribution in [3.05, 3.63) is 39.8 Å². The molecule has 0 saturated heterocycles. The summed E-state index contributed by atoms with van der Waals surface area (Å²) in [5.74, 6) is 0. The Morgan fingerprint density at radius 1 is 1.29 bits per heavy atom. The van der Waals surface area contributed by atoms with E-state index in [1.807, 2.05) is 6.92 Å². The number of hydrogen-bond acceptors (Lipinski definition) is 4. The van der Waals surface area contributed by atoms with Crippen LogP contribution in [0, 0.1) is 6.92 Å². The molecule has 2 rings (SSSR count). The van der Waals surface area contributed by atoms with E-state index in [-0.39, 0.29) is 4.90 Å². The van der Waals surface area contributed by atoms with E-state index in [0.29, 0.717) is 5.13 Å². The number of benzene rings is 1. The quantitative estimate of drug-likeness (QED) is 0.939. The van der Waals surface area contributed by atoms with Crippen molar-refractivity contribution in [3.63, 3.8) is 0 Å². The zero-order valence-electron chi connectivity index (χ0n) is 8.84. The van der Waals surface area contributed by atoms with Crippen molar-refractivity contribution in [2.75, 3.05) is 4.72 Å². The minimum atomic E-state index is -3.54. The summed E-state index contributed by atoms with van der Waals surface area (Å²) in [7, 11) is -3.54. The molecule has 0 atom stereocenters. The largest absolute Gasteiger partial charge is 0.263 e. The summed E-state index contributed by atoms with van der Waals surface area (Å²) in [5, 5.41) is 2.17. The molecule has 0 bridgehead atoms. The molecule has 0 saturated carbocycles. The summed E-state index contributed by atoms with van der Waals surface area (Å²) in [5.41, 5.74) is 0.795. The van der Waals surface area contributed by atoms with Gasteiger partial charge in [-0.2, -0.15) is 0 Å². The predicted molar refractivity (Wildman–Crippen MR) is 71.8 cm³/mol. The highest BCUT2D eigenvalue weighted by Crippen LogP contribution is 2.20. The number of nitrogens with zero attached hydrogens (tertiary/aromatic N) is 1. The first-order valence-corrected chi connectivity index (χ1v) is 7.83. The van der Waals surface area contributed by atoms with Crippen molar-refractivity contribution in [1.82, 2.24) is 4.98 Å². The minimum Gasteiger partial charge on any atom is -0.255 e. The molecule has 1 heterocycles. The van der Waals surface area contributed by atoms with Crippen molar-refractivity contribution < 1.29 is 8.42 Å². The molecular formula is C10H9BrN2O2S2. The van der Waals surface area contributed by atoms with E-state index < -0.39 is 10.0 Å². The lowest BCUT2D eigenvalue weighted by atomic mass is 10.4. The maximum Gasteiger partial charge on any atom is 0.263 e. The number of nitrogens with one attached hydrogen (secondary N) is 1. The van der Waals surface area contributed by atoms with Gasteiger partial charge in [-0.25, -0.2) is 13.4 Å². The Labute approximate surface area is 112 Å². The van der Waals surface area contributed by atoms with Gasteiger partial charge in [-0.05, 0) is 31.2 Å². The Hall–Kier alpha value is -0.920. The third-order valence-electron chi connectivity index (χ3n) is 1.96. The molecule has 0 amide bonds. The van der Waals surface area contributed by atoms with E-state index in [9.17, 15) is 8.42 Å². The number of aromatic nitrogens is 1. The van der Waals surface area contributed by atoms with Crippen molar-refractivity contribution in [2.24, 2.45) is 0 Å². The van der Waals surface area contributed by atoms with Gasteiger partial charge >= 0.3 is 0 Å². The second-order valence-corrected chi connectivity index (χ2v) is 6.81. The van der Waals surface area contributed by atoms with Crippen LogP contribution in [-0.4, -0.2) is 13.4 Å². The average Bonchev–Trinajstić information content (AvgIpc) is 2.63. The molecule has 1 aromatic heterocycles. The highest BCUT2D eigenvalue weighted by atomic mass is 79.9. The number of aryl methyl sites for hydroxylation is 1. The summed E-state index contributed by atoms with van der Waals surface area (Å²) in [4.78, 5) is 4.27. The Balaban J connectivity index is 2.28. The van der Waals surface area contributed by atoms with E-state index in [2.05, 4.69) is 25.6 Å². The normalized spacial score (nSPS) is 11.4. The van der Waals surface area contributed by atoms with Crippen LogP contribution >= 0.6 is 27.3 Å². The van der Waals surface area contributed by atoms with Crippen LogP contribution in [0.25, 0.3) is 0 Å². The summed E-state index contributed by atoms with van der Waals surface area (Å²) in [6.07, 6.45) is 0. The first-order chi connectivity index (χ1) is 7.97. The van der Waals surface area contributed by atoms with Crippen molar-refractivity contribution in [2.45, 2.75) is 11.8 Å². The minimum absolute atomic E-state index is 0.216. The lowest BCUT2D eigenvalue weighted by Crippen LogP contribution is -2.12. The van der Waals surface area contributed by atoms with Gasteiger partial charge in [0.15, 0.2) is 5.13 Å². The topological polar surface area (TPSA) is 59.1 Å². The van der Waals surface area contributed by atoms with Crippen LogP contribution in [0.4, 0.5) is 5.13 Å². The molecule has 0 aliphatic rings. The zero-order chi connectivity index (χ0) is 12.5. The molecule has 1 aromatic carbocycles. The van der Waals surface area contributed by atoms with Crippen LogP contribution in [0.3, 0.4) is 0 Å². The van der Waals surface area contributed by atoms with Crippen LogP contribution in [-0.2, 0) is 10.0 Å². The van der Waals surface area contributed by atoms with Gasteiger partial charge in [0.05, 0.1) is 10.6 Å². The molecule has 0 spiro atoms. The van der Waals surface area contributed by atoms with E-state index >= 15 is 0 Å². The van der Waals surface area contributed by atoms with Crippen molar-refractivity contribution >= 4 is 42.4 Å². The van der Waals surface area contributed by atoms with Gasteiger partial charge < -0.3 is 0 Å². The number of halogens is 1. The van der Waals surface area contributed by atoms with Gasteiger partial charge in [-0.3, -0.25) is 4.72 Å². The predicted octanol–water partition coefficient (Wildman–Crippen LogP) is 3.01. The Morgan fingerprint density at radius 2 is 1.94 bits per heavy atom. The Bertz CT molecular complexity index is 620. The second kappa shape index (κ2) is 4.75. The Kier molecular flexibility index (Phi) is 3.50. The summed E-state index contributed by atoms with van der Waals surface area (Å²) in [6.45, 7) is 1.81. The molecule has 1 N–H and O–H groups in total. The number of rotatable bonds is 3. The maximum absolute atomic E-state index is 12.0. The SMILES string of the molecule is Cc1csc(NS(=O)(=O)c2ccc(Br)cc2)n1. The standard InChI is InChI=1S/C10H9BrN2O2S2/c1-7-6-16-10(12-7)13-17(14,15)9-4-2-8(11)3-5-9/h2-6H,1H3,(H,12,13). The lowest BCUT2D eigenvalue weighted by Gasteiger charge is -2.04. The van der Waals surface area contributed by atoms with Gasteiger partial charge in [0.2, 0.25) is 0 Å². The van der Waals surface area contributed by atoms with Gasteiger partial charge in [0, 0.05) is 9.85 Å². The second-order valence-electron chi connectivity index (χ2n) is 3.35. The van der Waals surface area contributed by atoms with E-state index in [4.69, 9.17) is 0 Å². The first-order valence-electron chi connectivity index (χ1n) is 4.68.